The molecule has 1 aromatic carbocycles. The molecular formula is C10H9F3N2. The first kappa shape index (κ1) is 11.4. The molecule has 0 bridgehead atoms. The standard InChI is InChI=1S/C10H9F3N2/c1-15(2)9-4-7(6-14)3-8(5-9)10(11,12)13/h3-5H,1-2H3. The Balaban J connectivity index is 3.32. The van der Waals surface area contributed by atoms with Crippen LogP contribution in [-0.4, -0.2) is 14.1 Å². The molecule has 0 fully saturated rings. The van der Waals surface area contributed by atoms with E-state index in [1.54, 1.807) is 20.2 Å². The maximum absolute atomic E-state index is 12.4. The van der Waals surface area contributed by atoms with Crippen LogP contribution in [0, 0.1) is 11.3 Å². The van der Waals surface area contributed by atoms with Crippen molar-refractivity contribution in [3.05, 3.63) is 29.3 Å². The van der Waals surface area contributed by atoms with Crippen molar-refractivity contribution in [2.24, 2.45) is 0 Å². The summed E-state index contributed by atoms with van der Waals surface area (Å²) in [6, 6.07) is 4.97. The molecule has 80 valence electrons. The predicted octanol–water partition coefficient (Wildman–Crippen LogP) is 2.64. The predicted molar refractivity (Wildman–Crippen MR) is 50.5 cm³/mol. The van der Waals surface area contributed by atoms with Crippen molar-refractivity contribution in [3.8, 4) is 6.07 Å². The van der Waals surface area contributed by atoms with E-state index in [0.29, 0.717) is 5.69 Å². The second-order valence-corrected chi connectivity index (χ2v) is 3.27. The monoisotopic (exact) mass is 214 g/mol. The van der Waals surface area contributed by atoms with Gasteiger partial charge >= 0.3 is 6.18 Å². The van der Waals surface area contributed by atoms with Crippen LogP contribution in [-0.2, 0) is 6.18 Å². The van der Waals surface area contributed by atoms with E-state index in [2.05, 4.69) is 0 Å². The highest BCUT2D eigenvalue weighted by Crippen LogP contribution is 2.32. The Morgan fingerprint density at radius 3 is 2.20 bits per heavy atom. The van der Waals surface area contributed by atoms with E-state index in [0.717, 1.165) is 12.1 Å². The Hall–Kier alpha value is -1.70. The van der Waals surface area contributed by atoms with Crippen LogP contribution in [0.1, 0.15) is 11.1 Å². The third-order valence-electron chi connectivity index (χ3n) is 1.89. The third kappa shape index (κ3) is 2.62. The van der Waals surface area contributed by atoms with Gasteiger partial charge in [-0.3, -0.25) is 0 Å². The van der Waals surface area contributed by atoms with Crippen molar-refractivity contribution >= 4 is 5.69 Å². The zero-order valence-corrected chi connectivity index (χ0v) is 8.26. The van der Waals surface area contributed by atoms with E-state index in [9.17, 15) is 13.2 Å². The number of nitriles is 1. The van der Waals surface area contributed by atoms with E-state index >= 15 is 0 Å². The molecule has 0 atom stereocenters. The highest BCUT2D eigenvalue weighted by atomic mass is 19.4. The highest BCUT2D eigenvalue weighted by Gasteiger charge is 2.31. The molecule has 0 amide bonds. The minimum absolute atomic E-state index is 0.00789. The van der Waals surface area contributed by atoms with Crippen LogP contribution in [0.25, 0.3) is 0 Å². The summed E-state index contributed by atoms with van der Waals surface area (Å²) in [6.45, 7) is 0. The van der Waals surface area contributed by atoms with E-state index in [4.69, 9.17) is 5.26 Å². The second-order valence-electron chi connectivity index (χ2n) is 3.27. The van der Waals surface area contributed by atoms with E-state index in [1.807, 2.05) is 0 Å². The fraction of sp³-hybridized carbons (Fsp3) is 0.300. The van der Waals surface area contributed by atoms with Crippen LogP contribution in [0.15, 0.2) is 18.2 Å². The van der Waals surface area contributed by atoms with E-state index < -0.39 is 11.7 Å². The van der Waals surface area contributed by atoms with Gasteiger partial charge in [0.15, 0.2) is 0 Å². The number of nitrogens with zero attached hydrogens (tertiary/aromatic N) is 2. The molecule has 1 rings (SSSR count). The zero-order chi connectivity index (χ0) is 11.6. The van der Waals surface area contributed by atoms with Gasteiger partial charge in [-0.1, -0.05) is 0 Å². The van der Waals surface area contributed by atoms with Crippen LogP contribution >= 0.6 is 0 Å². The van der Waals surface area contributed by atoms with Gasteiger partial charge in [-0.05, 0) is 18.2 Å². The van der Waals surface area contributed by atoms with E-state index in [-0.39, 0.29) is 5.56 Å². The quantitative estimate of drug-likeness (QED) is 0.718. The molecule has 0 spiro atoms. The van der Waals surface area contributed by atoms with Gasteiger partial charge in [0.1, 0.15) is 0 Å². The summed E-state index contributed by atoms with van der Waals surface area (Å²) in [4.78, 5) is 1.52. The van der Waals surface area contributed by atoms with Gasteiger partial charge in [-0.2, -0.15) is 18.4 Å². The molecule has 0 aliphatic heterocycles. The minimum Gasteiger partial charge on any atom is -0.378 e. The van der Waals surface area contributed by atoms with Crippen LogP contribution in [0.3, 0.4) is 0 Å². The Morgan fingerprint density at radius 2 is 1.80 bits per heavy atom. The smallest absolute Gasteiger partial charge is 0.378 e. The number of anilines is 1. The summed E-state index contributed by atoms with van der Waals surface area (Å²) in [5.74, 6) is 0. The molecule has 0 aliphatic rings. The lowest BCUT2D eigenvalue weighted by molar-refractivity contribution is -0.137. The second kappa shape index (κ2) is 3.81. The molecule has 0 saturated heterocycles. The van der Waals surface area contributed by atoms with Crippen molar-refractivity contribution in [1.29, 1.82) is 5.26 Å². The number of hydrogen-bond donors (Lipinski definition) is 0. The van der Waals surface area contributed by atoms with Crippen molar-refractivity contribution < 1.29 is 13.2 Å². The first-order valence-corrected chi connectivity index (χ1v) is 4.14. The summed E-state index contributed by atoms with van der Waals surface area (Å²) >= 11 is 0. The van der Waals surface area contributed by atoms with Crippen molar-refractivity contribution in [1.82, 2.24) is 0 Å². The van der Waals surface area contributed by atoms with Crippen LogP contribution in [0.5, 0.6) is 0 Å². The summed E-state index contributed by atoms with van der Waals surface area (Å²) in [6.07, 6.45) is -4.42. The molecule has 0 aliphatic carbocycles. The molecule has 0 saturated carbocycles. The third-order valence-corrected chi connectivity index (χ3v) is 1.89. The lowest BCUT2D eigenvalue weighted by atomic mass is 10.1. The number of benzene rings is 1. The molecule has 15 heavy (non-hydrogen) atoms. The average molecular weight is 214 g/mol. The lowest BCUT2D eigenvalue weighted by Gasteiger charge is -2.15. The van der Waals surface area contributed by atoms with Gasteiger partial charge in [0.25, 0.3) is 0 Å². The summed E-state index contributed by atoms with van der Waals surface area (Å²) in [5, 5.41) is 8.60. The van der Waals surface area contributed by atoms with Gasteiger partial charge < -0.3 is 4.90 Å². The molecule has 0 unspecified atom stereocenters. The van der Waals surface area contributed by atoms with Gasteiger partial charge in [0, 0.05) is 19.8 Å². The highest BCUT2D eigenvalue weighted by molar-refractivity contribution is 5.53. The number of alkyl halides is 3. The normalized spacial score (nSPS) is 10.9. The maximum atomic E-state index is 12.4. The summed E-state index contributed by atoms with van der Waals surface area (Å²) in [7, 11) is 3.24. The summed E-state index contributed by atoms with van der Waals surface area (Å²) < 4.78 is 37.3. The first-order valence-electron chi connectivity index (χ1n) is 4.14. The number of rotatable bonds is 1. The van der Waals surface area contributed by atoms with Crippen LogP contribution in [0.2, 0.25) is 0 Å². The Morgan fingerprint density at radius 1 is 1.20 bits per heavy atom. The SMILES string of the molecule is CN(C)c1cc(C#N)cc(C(F)(F)F)c1. The topological polar surface area (TPSA) is 27.0 Å². The Bertz CT molecular complexity index is 402. The van der Waals surface area contributed by atoms with Crippen molar-refractivity contribution in [2.75, 3.05) is 19.0 Å². The Kier molecular flexibility index (Phi) is 2.89. The molecule has 0 heterocycles. The maximum Gasteiger partial charge on any atom is 0.416 e. The minimum atomic E-state index is -4.42. The van der Waals surface area contributed by atoms with Gasteiger partial charge in [-0.25, -0.2) is 0 Å². The summed E-state index contributed by atoms with van der Waals surface area (Å²) in [5.41, 5.74) is -0.430. The molecule has 0 aromatic heterocycles. The van der Waals surface area contributed by atoms with Gasteiger partial charge in [0.2, 0.25) is 0 Å². The number of hydrogen-bond acceptors (Lipinski definition) is 2. The molecule has 5 heteroatoms. The molecule has 0 N–H and O–H groups in total. The van der Waals surface area contributed by atoms with Crippen LogP contribution in [0.4, 0.5) is 18.9 Å². The average Bonchev–Trinajstić information content (AvgIpc) is 2.15. The first-order chi connectivity index (χ1) is 6.84. The zero-order valence-electron chi connectivity index (χ0n) is 8.26. The molecule has 1 aromatic rings. The molecule has 0 radical (unpaired) electrons. The van der Waals surface area contributed by atoms with Gasteiger partial charge in [0.05, 0.1) is 17.2 Å². The van der Waals surface area contributed by atoms with Crippen molar-refractivity contribution in [3.63, 3.8) is 0 Å². The van der Waals surface area contributed by atoms with Gasteiger partial charge in [-0.15, -0.1) is 0 Å². The largest absolute Gasteiger partial charge is 0.416 e. The fourth-order valence-corrected chi connectivity index (χ4v) is 1.10. The van der Waals surface area contributed by atoms with E-state index in [1.165, 1.54) is 11.0 Å². The molecule has 2 nitrogen and oxygen atoms in total. The van der Waals surface area contributed by atoms with Crippen LogP contribution < -0.4 is 4.90 Å². The number of halogens is 3. The fourth-order valence-electron chi connectivity index (χ4n) is 1.10. The molecular weight excluding hydrogens is 205 g/mol. The lowest BCUT2D eigenvalue weighted by Crippen LogP contribution is -2.12. The Labute approximate surface area is 85.5 Å². The van der Waals surface area contributed by atoms with Crippen molar-refractivity contribution in [2.45, 2.75) is 6.18 Å².